The second-order valence-electron chi connectivity index (χ2n) is 10.3. The summed E-state index contributed by atoms with van der Waals surface area (Å²) in [5.41, 5.74) is 4.58. The normalized spacial score (nSPS) is 11.9. The van der Waals surface area contributed by atoms with E-state index < -0.39 is 42.5 Å². The van der Waals surface area contributed by atoms with E-state index in [1.54, 1.807) is 6.07 Å². The molecule has 0 bridgehead atoms. The molecule has 0 saturated carbocycles. The van der Waals surface area contributed by atoms with Crippen molar-refractivity contribution in [3.8, 4) is 5.75 Å². The minimum Gasteiger partial charge on any atom is -0.506 e. The lowest BCUT2D eigenvalue weighted by molar-refractivity contribution is -0.193. The molecule has 0 amide bonds. The molecule has 2 aromatic carbocycles. The van der Waals surface area contributed by atoms with Crippen molar-refractivity contribution < 1.29 is 79.4 Å². The number of nitrogens with one attached hydrogen (secondary N) is 3. The molecule has 13 nitrogen and oxygen atoms in total. The van der Waals surface area contributed by atoms with Crippen LogP contribution in [0.5, 0.6) is 5.75 Å². The molecule has 0 fully saturated rings. The maximum Gasteiger partial charge on any atom is 0.490 e. The number of carboxylic acids is 3. The van der Waals surface area contributed by atoms with E-state index in [9.17, 15) is 54.5 Å². The van der Waals surface area contributed by atoms with Crippen LogP contribution < -0.4 is 15.5 Å². The van der Waals surface area contributed by atoms with Crippen LogP contribution in [0.3, 0.4) is 0 Å². The SMILES string of the molecule is O=C(O)C(F)(F)F.O=C(O)C(F)(F)F.O=C(O)C(F)(F)F.O=c1[nH]c2c(O)ccc([C@@H](O)CNCCc3ccc(CNCCc4ccccn4)cc3)c2s1. The number of aliphatic carboxylic acids is 3. The Hall–Kier alpha value is -5.26. The van der Waals surface area contributed by atoms with E-state index >= 15 is 0 Å². The predicted octanol–water partition coefficient (Wildman–Crippen LogP) is 4.79. The van der Waals surface area contributed by atoms with Crippen LogP contribution in [0.25, 0.3) is 10.2 Å². The Morgan fingerprint density at radius 3 is 1.72 bits per heavy atom. The quantitative estimate of drug-likeness (QED) is 0.0758. The molecule has 0 aliphatic carbocycles. The van der Waals surface area contributed by atoms with Crippen LogP contribution in [0.15, 0.2) is 65.6 Å². The van der Waals surface area contributed by atoms with Crippen LogP contribution in [0, 0.1) is 0 Å². The van der Waals surface area contributed by atoms with Crippen LogP contribution in [-0.2, 0) is 33.8 Å². The number of nitrogens with zero attached hydrogens (tertiary/aromatic N) is 1. The first-order valence-electron chi connectivity index (χ1n) is 14.8. The number of phenolic OH excluding ortho intramolecular Hbond substituents is 1. The van der Waals surface area contributed by atoms with Crippen LogP contribution in [0.1, 0.15) is 28.5 Å². The zero-order chi connectivity index (χ0) is 41.3. The number of thiazole rings is 1. The van der Waals surface area contributed by atoms with Gasteiger partial charge in [0.05, 0.1) is 10.8 Å². The van der Waals surface area contributed by atoms with Gasteiger partial charge in [-0.2, -0.15) is 39.5 Å². The molecule has 54 heavy (non-hydrogen) atoms. The fourth-order valence-electron chi connectivity index (χ4n) is 3.70. The van der Waals surface area contributed by atoms with Crippen LogP contribution >= 0.6 is 11.3 Å². The van der Waals surface area contributed by atoms with E-state index in [0.717, 1.165) is 49.5 Å². The van der Waals surface area contributed by atoms with Crippen molar-refractivity contribution in [2.45, 2.75) is 44.0 Å². The Morgan fingerprint density at radius 2 is 1.24 bits per heavy atom. The molecule has 0 radical (unpaired) electrons. The number of aliphatic hydroxyl groups excluding tert-OH is 1. The topological polar surface area (TPSA) is 222 Å². The number of carboxylic acid groups (broad SMARTS) is 3. The minimum absolute atomic E-state index is 0.0131. The summed E-state index contributed by atoms with van der Waals surface area (Å²) in [7, 11) is 0. The molecule has 1 atom stereocenters. The Bertz CT molecular complexity index is 1780. The zero-order valence-corrected chi connectivity index (χ0v) is 28.0. The average Bonchev–Trinajstić information content (AvgIpc) is 3.48. The van der Waals surface area contributed by atoms with E-state index in [1.165, 1.54) is 17.2 Å². The lowest BCUT2D eigenvalue weighted by Gasteiger charge is -2.13. The summed E-state index contributed by atoms with van der Waals surface area (Å²) in [6.45, 7) is 2.80. The molecule has 0 spiro atoms. The van der Waals surface area contributed by atoms with Crippen LogP contribution in [0.4, 0.5) is 39.5 Å². The van der Waals surface area contributed by atoms with Gasteiger partial charge in [-0.05, 0) is 42.3 Å². The largest absolute Gasteiger partial charge is 0.506 e. The van der Waals surface area contributed by atoms with Gasteiger partial charge in [0.1, 0.15) is 11.3 Å². The summed E-state index contributed by atoms with van der Waals surface area (Å²) >= 11 is 0.997. The van der Waals surface area contributed by atoms with Gasteiger partial charge < -0.3 is 41.2 Å². The molecule has 2 aromatic heterocycles. The number of benzene rings is 2. The molecule has 23 heteroatoms. The standard InChI is InChI=1S/C25H28N4O3S.3C2HF3O2/c30-21-9-8-20(24-23(21)29-25(32)33-24)22(31)16-27-13-10-17-4-6-18(7-5-17)15-26-14-11-19-3-1-2-12-28-19;3*3-2(4,5)1(6)7/h1-9,12,22,26-27,30-31H,10-11,13-16H2,(H,29,32);3*(H,6,7)/t22-;;;/m0.../s1. The third kappa shape index (κ3) is 18.0. The van der Waals surface area contributed by atoms with E-state index in [2.05, 4.69) is 44.9 Å². The summed E-state index contributed by atoms with van der Waals surface area (Å²) in [6, 6.07) is 17.7. The predicted molar refractivity (Wildman–Crippen MR) is 173 cm³/mol. The van der Waals surface area contributed by atoms with E-state index in [0.29, 0.717) is 22.3 Å². The first-order chi connectivity index (χ1) is 24.9. The Labute approximate surface area is 301 Å². The van der Waals surface area contributed by atoms with Gasteiger partial charge in [0.25, 0.3) is 0 Å². The highest BCUT2D eigenvalue weighted by atomic mass is 32.1. The van der Waals surface area contributed by atoms with E-state index in [1.807, 2.05) is 24.4 Å². The molecular weight excluding hydrogens is 775 g/mol. The number of aromatic nitrogens is 2. The number of aromatic hydroxyl groups is 1. The number of fused-ring (bicyclic) bond motifs is 1. The number of hydrogen-bond donors (Lipinski definition) is 8. The lowest BCUT2D eigenvalue weighted by atomic mass is 10.1. The maximum absolute atomic E-state index is 11.6. The number of hydrogen-bond acceptors (Lipinski definition) is 10. The Kier molecular flexibility index (Phi) is 18.6. The molecule has 4 aromatic rings. The summed E-state index contributed by atoms with van der Waals surface area (Å²) in [4.78, 5) is 45.0. The van der Waals surface area contributed by atoms with Gasteiger partial charge in [-0.1, -0.05) is 47.7 Å². The number of alkyl halides is 9. The molecule has 2 heterocycles. The monoisotopic (exact) mass is 806 g/mol. The van der Waals surface area contributed by atoms with E-state index in [-0.39, 0.29) is 10.6 Å². The summed E-state index contributed by atoms with van der Waals surface area (Å²) < 4.78 is 95.8. The van der Waals surface area contributed by atoms with Gasteiger partial charge in [0.2, 0.25) is 0 Å². The number of phenols is 1. The van der Waals surface area contributed by atoms with Crippen LogP contribution in [0.2, 0.25) is 0 Å². The van der Waals surface area contributed by atoms with Gasteiger partial charge in [-0.15, -0.1) is 0 Å². The van der Waals surface area contributed by atoms with Crippen molar-refractivity contribution in [3.05, 3.63) is 92.8 Å². The minimum atomic E-state index is -5.08. The van der Waals surface area contributed by atoms with Crippen molar-refractivity contribution in [1.29, 1.82) is 0 Å². The summed E-state index contributed by atoms with van der Waals surface area (Å²) in [6.07, 6.45) is -12.4. The second-order valence-corrected chi connectivity index (χ2v) is 11.3. The number of rotatable bonds is 11. The first kappa shape index (κ1) is 46.8. The third-order valence-electron chi connectivity index (χ3n) is 6.24. The molecule has 0 aliphatic rings. The van der Waals surface area contributed by atoms with Gasteiger partial charge >= 0.3 is 41.3 Å². The number of aliphatic hydroxyl groups is 1. The number of pyridine rings is 1. The molecule has 0 aliphatic heterocycles. The van der Waals surface area contributed by atoms with Crippen molar-refractivity contribution >= 4 is 39.5 Å². The van der Waals surface area contributed by atoms with Crippen molar-refractivity contribution in [2.75, 3.05) is 19.6 Å². The van der Waals surface area contributed by atoms with Crippen LogP contribution in [-0.4, -0.2) is 91.6 Å². The zero-order valence-electron chi connectivity index (χ0n) is 27.2. The Morgan fingerprint density at radius 1 is 0.741 bits per heavy atom. The average molecular weight is 807 g/mol. The van der Waals surface area contributed by atoms with Gasteiger partial charge in [0, 0.05) is 43.5 Å². The summed E-state index contributed by atoms with van der Waals surface area (Å²) in [5, 5.41) is 48.6. The Balaban J connectivity index is 0.000000566. The number of halogens is 9. The van der Waals surface area contributed by atoms with Crippen molar-refractivity contribution in [3.63, 3.8) is 0 Å². The fourth-order valence-corrected chi connectivity index (χ4v) is 4.62. The molecule has 8 N–H and O–H groups in total. The summed E-state index contributed by atoms with van der Waals surface area (Å²) in [5.74, 6) is -8.26. The molecule has 4 rings (SSSR count). The first-order valence-corrected chi connectivity index (χ1v) is 15.6. The van der Waals surface area contributed by atoms with Crippen molar-refractivity contribution in [2.24, 2.45) is 0 Å². The molecule has 0 saturated heterocycles. The third-order valence-corrected chi connectivity index (χ3v) is 7.17. The molecule has 298 valence electrons. The number of carbonyl (C=O) groups is 3. The second kappa shape index (κ2) is 21.4. The van der Waals surface area contributed by atoms with Gasteiger partial charge in [0.15, 0.2) is 0 Å². The highest BCUT2D eigenvalue weighted by Crippen LogP contribution is 2.31. The highest BCUT2D eigenvalue weighted by molar-refractivity contribution is 7.16. The fraction of sp³-hybridized carbons (Fsp3) is 0.323. The number of H-pyrrole nitrogens is 1. The molecular formula is C31H31F9N4O9S. The van der Waals surface area contributed by atoms with Crippen molar-refractivity contribution in [1.82, 2.24) is 20.6 Å². The van der Waals surface area contributed by atoms with Gasteiger partial charge in [-0.25, -0.2) is 14.4 Å². The smallest absolute Gasteiger partial charge is 0.490 e. The highest BCUT2D eigenvalue weighted by Gasteiger charge is 2.39. The van der Waals surface area contributed by atoms with Gasteiger partial charge in [-0.3, -0.25) is 9.78 Å². The lowest BCUT2D eigenvalue weighted by Crippen LogP contribution is -2.23. The maximum atomic E-state index is 11.6. The number of aromatic amines is 1. The molecule has 0 unspecified atom stereocenters. The van der Waals surface area contributed by atoms with E-state index in [4.69, 9.17) is 29.7 Å².